The van der Waals surface area contributed by atoms with E-state index < -0.39 is 17.7 Å². The van der Waals surface area contributed by atoms with Crippen LogP contribution in [0.2, 0.25) is 5.02 Å². The van der Waals surface area contributed by atoms with Crippen molar-refractivity contribution >= 4 is 17.7 Å². The molecule has 1 atom stereocenters. The van der Waals surface area contributed by atoms with Gasteiger partial charge in [0.15, 0.2) is 0 Å². The molecular formula is C15H21ClN2O3. The van der Waals surface area contributed by atoms with Gasteiger partial charge < -0.3 is 15.6 Å². The Morgan fingerprint density at radius 1 is 1.52 bits per heavy atom. The third-order valence-corrected chi connectivity index (χ3v) is 3.79. The highest BCUT2D eigenvalue weighted by molar-refractivity contribution is 6.31. The van der Waals surface area contributed by atoms with Gasteiger partial charge in [0.2, 0.25) is 0 Å². The van der Waals surface area contributed by atoms with E-state index in [9.17, 15) is 9.90 Å². The normalized spacial score (nSPS) is 18.3. The average molecular weight is 313 g/mol. The van der Waals surface area contributed by atoms with Crippen LogP contribution in [0.5, 0.6) is 5.75 Å². The monoisotopic (exact) mass is 312 g/mol. The predicted octanol–water partition coefficient (Wildman–Crippen LogP) is 2.84. The third kappa shape index (κ3) is 3.24. The van der Waals surface area contributed by atoms with Gasteiger partial charge in [-0.25, -0.2) is 4.79 Å². The van der Waals surface area contributed by atoms with E-state index >= 15 is 0 Å². The number of rotatable bonds is 1. The molecule has 0 fully saturated rings. The zero-order valence-corrected chi connectivity index (χ0v) is 13.3. The van der Waals surface area contributed by atoms with Gasteiger partial charge in [0.25, 0.3) is 0 Å². The summed E-state index contributed by atoms with van der Waals surface area (Å²) in [6, 6.07) is 2.76. The summed E-state index contributed by atoms with van der Waals surface area (Å²) in [5, 5.41) is 10.7. The first-order valence-electron chi connectivity index (χ1n) is 6.94. The highest BCUT2D eigenvalue weighted by Gasteiger charge is 2.35. The zero-order chi connectivity index (χ0) is 15.8. The number of phenolic OH excluding ortho intramolecular Hbond substituents is 1. The van der Waals surface area contributed by atoms with Crippen LogP contribution in [0.1, 0.15) is 37.9 Å². The van der Waals surface area contributed by atoms with E-state index in [2.05, 4.69) is 0 Å². The van der Waals surface area contributed by atoms with E-state index in [0.717, 1.165) is 5.56 Å². The van der Waals surface area contributed by atoms with Crippen LogP contribution < -0.4 is 5.73 Å². The number of hydrogen-bond acceptors (Lipinski definition) is 4. The summed E-state index contributed by atoms with van der Waals surface area (Å²) in [6.45, 7) is 6.10. The molecule has 1 aliphatic heterocycles. The standard InChI is InChI=1S/C15H21ClN2O3/c1-15(2,3)21-14(20)18-7-6-9-10(16)4-5-12(19)13(9)11(18)8-17/h4-5,11,19H,6-8,17H2,1-3H3/t11-/m1/s1. The summed E-state index contributed by atoms with van der Waals surface area (Å²) in [6.07, 6.45) is 0.140. The summed E-state index contributed by atoms with van der Waals surface area (Å²) in [5.74, 6) is 0.109. The Labute approximate surface area is 129 Å². The number of phenols is 1. The Morgan fingerprint density at radius 3 is 2.76 bits per heavy atom. The summed E-state index contributed by atoms with van der Waals surface area (Å²) >= 11 is 6.18. The van der Waals surface area contributed by atoms with Crippen LogP contribution >= 0.6 is 11.6 Å². The van der Waals surface area contributed by atoms with Gasteiger partial charge in [-0.2, -0.15) is 0 Å². The molecule has 0 aliphatic carbocycles. The lowest BCUT2D eigenvalue weighted by molar-refractivity contribution is 0.0148. The number of nitrogens with two attached hydrogens (primary N) is 1. The number of halogens is 1. The molecule has 21 heavy (non-hydrogen) atoms. The molecular weight excluding hydrogens is 292 g/mol. The molecule has 0 bridgehead atoms. The van der Waals surface area contributed by atoms with Crippen LogP contribution in [0.15, 0.2) is 12.1 Å². The van der Waals surface area contributed by atoms with E-state index in [4.69, 9.17) is 22.1 Å². The second-order valence-corrected chi connectivity index (χ2v) is 6.54. The minimum Gasteiger partial charge on any atom is -0.508 e. The largest absolute Gasteiger partial charge is 0.508 e. The lowest BCUT2D eigenvalue weighted by Crippen LogP contribution is -2.45. The summed E-state index contributed by atoms with van der Waals surface area (Å²) in [4.78, 5) is 13.9. The van der Waals surface area contributed by atoms with Crippen molar-refractivity contribution < 1.29 is 14.6 Å². The second kappa shape index (κ2) is 5.73. The number of carbonyl (C=O) groups is 1. The molecule has 6 heteroatoms. The molecule has 1 aromatic rings. The quantitative estimate of drug-likeness (QED) is 0.836. The van der Waals surface area contributed by atoms with E-state index in [-0.39, 0.29) is 12.3 Å². The van der Waals surface area contributed by atoms with E-state index in [1.54, 1.807) is 11.0 Å². The maximum absolute atomic E-state index is 12.3. The van der Waals surface area contributed by atoms with Crippen LogP contribution in [0.25, 0.3) is 0 Å². The van der Waals surface area contributed by atoms with Crippen LogP contribution in [0.3, 0.4) is 0 Å². The molecule has 0 radical (unpaired) electrons. The lowest BCUT2D eigenvalue weighted by Gasteiger charge is -2.38. The third-order valence-electron chi connectivity index (χ3n) is 3.44. The molecule has 5 nitrogen and oxygen atoms in total. The highest BCUT2D eigenvalue weighted by atomic mass is 35.5. The number of hydrogen-bond donors (Lipinski definition) is 2. The van der Waals surface area contributed by atoms with Crippen molar-refractivity contribution in [3.63, 3.8) is 0 Å². The zero-order valence-electron chi connectivity index (χ0n) is 12.5. The number of amides is 1. The van der Waals surface area contributed by atoms with Crippen molar-refractivity contribution in [3.8, 4) is 5.75 Å². The van der Waals surface area contributed by atoms with Crippen molar-refractivity contribution in [1.82, 2.24) is 4.90 Å². The molecule has 0 unspecified atom stereocenters. The molecule has 0 saturated heterocycles. The maximum atomic E-state index is 12.3. The average Bonchev–Trinajstić information content (AvgIpc) is 2.39. The number of aromatic hydroxyl groups is 1. The Balaban J connectivity index is 2.36. The summed E-state index contributed by atoms with van der Waals surface area (Å²) < 4.78 is 5.41. The summed E-state index contributed by atoms with van der Waals surface area (Å²) in [5.41, 5.74) is 6.73. The number of benzene rings is 1. The Morgan fingerprint density at radius 2 is 2.19 bits per heavy atom. The predicted molar refractivity (Wildman–Crippen MR) is 81.6 cm³/mol. The SMILES string of the molecule is CC(C)(C)OC(=O)N1CCc2c(Cl)ccc(O)c2[C@H]1CN. The molecule has 3 N–H and O–H groups in total. The lowest BCUT2D eigenvalue weighted by atomic mass is 9.92. The first-order chi connectivity index (χ1) is 9.74. The topological polar surface area (TPSA) is 75.8 Å². The van der Waals surface area contributed by atoms with Crippen LogP contribution in [0, 0.1) is 0 Å². The number of carbonyl (C=O) groups excluding carboxylic acids is 1. The van der Waals surface area contributed by atoms with Crippen LogP contribution in [0.4, 0.5) is 4.79 Å². The summed E-state index contributed by atoms with van der Waals surface area (Å²) in [7, 11) is 0. The highest BCUT2D eigenvalue weighted by Crippen LogP contribution is 2.39. The van der Waals surface area contributed by atoms with Crippen molar-refractivity contribution in [2.45, 2.75) is 38.8 Å². The van der Waals surface area contributed by atoms with Gasteiger partial charge in [-0.3, -0.25) is 4.90 Å². The van der Waals surface area contributed by atoms with Crippen molar-refractivity contribution in [3.05, 3.63) is 28.3 Å². The van der Waals surface area contributed by atoms with Crippen LogP contribution in [-0.4, -0.2) is 34.8 Å². The van der Waals surface area contributed by atoms with Gasteiger partial charge in [0.05, 0.1) is 6.04 Å². The number of ether oxygens (including phenoxy) is 1. The molecule has 116 valence electrons. The second-order valence-electron chi connectivity index (χ2n) is 6.13. The molecule has 0 spiro atoms. The van der Waals surface area contributed by atoms with Gasteiger partial charge in [0.1, 0.15) is 11.4 Å². The Bertz CT molecular complexity index is 555. The molecule has 2 rings (SSSR count). The molecule has 0 aromatic heterocycles. The fourth-order valence-electron chi connectivity index (χ4n) is 2.58. The fraction of sp³-hybridized carbons (Fsp3) is 0.533. The first kappa shape index (κ1) is 15.9. The van der Waals surface area contributed by atoms with Gasteiger partial charge >= 0.3 is 6.09 Å². The first-order valence-corrected chi connectivity index (χ1v) is 7.32. The van der Waals surface area contributed by atoms with Gasteiger partial charge in [0, 0.05) is 23.7 Å². The molecule has 1 heterocycles. The fourth-order valence-corrected chi connectivity index (χ4v) is 2.84. The van der Waals surface area contributed by atoms with E-state index in [1.165, 1.54) is 6.07 Å². The molecule has 1 aliphatic rings. The van der Waals surface area contributed by atoms with Crippen molar-refractivity contribution in [2.75, 3.05) is 13.1 Å². The molecule has 1 aromatic carbocycles. The van der Waals surface area contributed by atoms with E-state index in [0.29, 0.717) is 23.6 Å². The van der Waals surface area contributed by atoms with Gasteiger partial charge in [-0.15, -0.1) is 0 Å². The van der Waals surface area contributed by atoms with Crippen molar-refractivity contribution in [1.29, 1.82) is 0 Å². The maximum Gasteiger partial charge on any atom is 0.410 e. The molecule has 0 saturated carbocycles. The van der Waals surface area contributed by atoms with E-state index in [1.807, 2.05) is 20.8 Å². The van der Waals surface area contributed by atoms with Crippen LogP contribution in [-0.2, 0) is 11.2 Å². The minimum absolute atomic E-state index is 0.109. The Hall–Kier alpha value is -1.46. The van der Waals surface area contributed by atoms with Gasteiger partial charge in [-0.1, -0.05) is 11.6 Å². The van der Waals surface area contributed by atoms with Gasteiger partial charge in [-0.05, 0) is 44.9 Å². The number of fused-ring (bicyclic) bond motifs is 1. The Kier molecular flexibility index (Phi) is 4.35. The van der Waals surface area contributed by atoms with Crippen molar-refractivity contribution in [2.24, 2.45) is 5.73 Å². The molecule has 1 amide bonds. The minimum atomic E-state index is -0.577. The smallest absolute Gasteiger partial charge is 0.410 e. The number of nitrogens with zero attached hydrogens (tertiary/aromatic N) is 1.